The van der Waals surface area contributed by atoms with Gasteiger partial charge >= 0.3 is 6.18 Å². The third-order valence-electron chi connectivity index (χ3n) is 3.43. The van der Waals surface area contributed by atoms with Gasteiger partial charge in [0, 0.05) is 12.2 Å². The second kappa shape index (κ2) is 6.14. The number of benzene rings is 1. The molecule has 0 aromatic heterocycles. The van der Waals surface area contributed by atoms with E-state index in [2.05, 4.69) is 10.6 Å². The van der Waals surface area contributed by atoms with Gasteiger partial charge in [-0.25, -0.2) is 0 Å². The van der Waals surface area contributed by atoms with E-state index in [0.717, 1.165) is 32.0 Å². The molecule has 1 aromatic carbocycles. The topological polar surface area (TPSA) is 47.9 Å². The standard InChI is InChI=1S/C14H16F3N3/c15-14(16,17)12-6-10(7-18)3-4-13(12)20-9-11-2-1-5-19-8-11/h3-4,6,11,19-20H,1-2,5,8-9H2. The first-order valence-electron chi connectivity index (χ1n) is 6.56. The van der Waals surface area contributed by atoms with Crippen LogP contribution in [0.4, 0.5) is 18.9 Å². The summed E-state index contributed by atoms with van der Waals surface area (Å²) in [6.45, 7) is 2.30. The molecule has 2 rings (SSSR count). The summed E-state index contributed by atoms with van der Waals surface area (Å²) >= 11 is 0. The highest BCUT2D eigenvalue weighted by Gasteiger charge is 2.34. The van der Waals surface area contributed by atoms with E-state index in [0.29, 0.717) is 12.5 Å². The molecule has 3 nitrogen and oxygen atoms in total. The molecule has 1 heterocycles. The average molecular weight is 283 g/mol. The molecule has 1 aliphatic heterocycles. The third-order valence-corrected chi connectivity index (χ3v) is 3.43. The van der Waals surface area contributed by atoms with Gasteiger partial charge < -0.3 is 10.6 Å². The molecule has 1 aromatic rings. The van der Waals surface area contributed by atoms with Crippen molar-refractivity contribution in [3.8, 4) is 6.07 Å². The first kappa shape index (κ1) is 14.7. The van der Waals surface area contributed by atoms with E-state index >= 15 is 0 Å². The smallest absolute Gasteiger partial charge is 0.384 e. The van der Waals surface area contributed by atoms with Crippen LogP contribution in [-0.4, -0.2) is 19.6 Å². The maximum absolute atomic E-state index is 13.0. The summed E-state index contributed by atoms with van der Waals surface area (Å²) in [4.78, 5) is 0. The highest BCUT2D eigenvalue weighted by molar-refractivity contribution is 5.56. The summed E-state index contributed by atoms with van der Waals surface area (Å²) in [5.74, 6) is 0.334. The minimum absolute atomic E-state index is 0.0159. The number of anilines is 1. The van der Waals surface area contributed by atoms with Gasteiger partial charge in [-0.1, -0.05) is 0 Å². The van der Waals surface area contributed by atoms with Crippen molar-refractivity contribution in [2.45, 2.75) is 19.0 Å². The summed E-state index contributed by atoms with van der Waals surface area (Å²) < 4.78 is 38.9. The quantitative estimate of drug-likeness (QED) is 0.896. The van der Waals surface area contributed by atoms with Gasteiger partial charge in [0.1, 0.15) is 0 Å². The Morgan fingerprint density at radius 1 is 1.40 bits per heavy atom. The van der Waals surface area contributed by atoms with Gasteiger partial charge in [-0.05, 0) is 50.0 Å². The Kier molecular flexibility index (Phi) is 4.50. The molecular weight excluding hydrogens is 267 g/mol. The van der Waals surface area contributed by atoms with Gasteiger partial charge in [-0.3, -0.25) is 0 Å². The number of piperidine rings is 1. The first-order valence-corrected chi connectivity index (χ1v) is 6.56. The molecule has 1 aliphatic rings. The predicted molar refractivity (Wildman–Crippen MR) is 70.2 cm³/mol. The Labute approximate surface area is 115 Å². The molecule has 0 aliphatic carbocycles. The van der Waals surface area contributed by atoms with Crippen LogP contribution in [0, 0.1) is 17.2 Å². The Morgan fingerprint density at radius 3 is 2.80 bits per heavy atom. The molecule has 1 fully saturated rings. The molecule has 1 saturated heterocycles. The summed E-state index contributed by atoms with van der Waals surface area (Å²) in [5, 5.41) is 14.8. The van der Waals surface area contributed by atoms with Gasteiger partial charge in [-0.2, -0.15) is 18.4 Å². The van der Waals surface area contributed by atoms with Crippen LogP contribution in [0.3, 0.4) is 0 Å². The lowest BCUT2D eigenvalue weighted by atomic mass is 9.99. The molecule has 1 unspecified atom stereocenters. The van der Waals surface area contributed by atoms with E-state index in [1.165, 1.54) is 12.1 Å². The van der Waals surface area contributed by atoms with E-state index in [4.69, 9.17) is 5.26 Å². The minimum Gasteiger partial charge on any atom is -0.384 e. The van der Waals surface area contributed by atoms with Crippen LogP contribution >= 0.6 is 0 Å². The molecule has 0 amide bonds. The molecule has 0 radical (unpaired) electrons. The number of nitrogens with zero attached hydrogens (tertiary/aromatic N) is 1. The Balaban J connectivity index is 2.12. The fraction of sp³-hybridized carbons (Fsp3) is 0.500. The van der Waals surface area contributed by atoms with Crippen molar-refractivity contribution in [1.29, 1.82) is 5.26 Å². The summed E-state index contributed by atoms with van der Waals surface area (Å²) in [6.07, 6.45) is -2.40. The number of hydrogen-bond donors (Lipinski definition) is 2. The van der Waals surface area contributed by atoms with E-state index in [9.17, 15) is 13.2 Å². The fourth-order valence-electron chi connectivity index (χ4n) is 2.35. The van der Waals surface area contributed by atoms with Gasteiger partial charge in [-0.15, -0.1) is 0 Å². The lowest BCUT2D eigenvalue weighted by molar-refractivity contribution is -0.137. The van der Waals surface area contributed by atoms with Crippen molar-refractivity contribution in [3.05, 3.63) is 29.3 Å². The van der Waals surface area contributed by atoms with Crippen LogP contribution in [-0.2, 0) is 6.18 Å². The van der Waals surface area contributed by atoms with Crippen molar-refractivity contribution in [3.63, 3.8) is 0 Å². The van der Waals surface area contributed by atoms with Crippen LogP contribution < -0.4 is 10.6 Å². The molecule has 0 saturated carbocycles. The summed E-state index contributed by atoms with van der Waals surface area (Å²) in [5.41, 5.74) is -0.718. The number of nitriles is 1. The monoisotopic (exact) mass is 283 g/mol. The Hall–Kier alpha value is -1.74. The Bertz CT molecular complexity index is 499. The van der Waals surface area contributed by atoms with Crippen LogP contribution in [0.1, 0.15) is 24.0 Å². The zero-order valence-electron chi connectivity index (χ0n) is 10.9. The van der Waals surface area contributed by atoms with Crippen LogP contribution in [0.15, 0.2) is 18.2 Å². The average Bonchev–Trinajstić information content (AvgIpc) is 2.45. The van der Waals surface area contributed by atoms with Crippen molar-refractivity contribution in [2.75, 3.05) is 25.0 Å². The highest BCUT2D eigenvalue weighted by atomic mass is 19.4. The normalized spacial score (nSPS) is 19.4. The maximum atomic E-state index is 13.0. The molecular formula is C14H16F3N3. The Morgan fingerprint density at radius 2 is 2.20 bits per heavy atom. The van der Waals surface area contributed by atoms with E-state index in [1.807, 2.05) is 0 Å². The summed E-state index contributed by atoms with van der Waals surface area (Å²) in [7, 11) is 0. The van der Waals surface area contributed by atoms with Gasteiger partial charge in [0.15, 0.2) is 0 Å². The second-order valence-corrected chi connectivity index (χ2v) is 4.96. The van der Waals surface area contributed by atoms with E-state index in [1.54, 1.807) is 6.07 Å². The molecule has 20 heavy (non-hydrogen) atoms. The van der Waals surface area contributed by atoms with Crippen molar-refractivity contribution in [2.24, 2.45) is 5.92 Å². The van der Waals surface area contributed by atoms with E-state index in [-0.39, 0.29) is 11.3 Å². The zero-order chi connectivity index (χ0) is 14.6. The lowest BCUT2D eigenvalue weighted by Crippen LogP contribution is -2.33. The number of alkyl halides is 3. The van der Waals surface area contributed by atoms with Crippen molar-refractivity contribution in [1.82, 2.24) is 5.32 Å². The van der Waals surface area contributed by atoms with Crippen LogP contribution in [0.2, 0.25) is 0 Å². The fourth-order valence-corrected chi connectivity index (χ4v) is 2.35. The molecule has 1 atom stereocenters. The molecule has 6 heteroatoms. The van der Waals surface area contributed by atoms with Crippen LogP contribution in [0.5, 0.6) is 0 Å². The predicted octanol–water partition coefficient (Wildman–Crippen LogP) is 2.99. The van der Waals surface area contributed by atoms with Gasteiger partial charge in [0.2, 0.25) is 0 Å². The first-order chi connectivity index (χ1) is 9.50. The lowest BCUT2D eigenvalue weighted by Gasteiger charge is -2.24. The van der Waals surface area contributed by atoms with E-state index < -0.39 is 11.7 Å². The maximum Gasteiger partial charge on any atom is 0.418 e. The zero-order valence-corrected chi connectivity index (χ0v) is 10.9. The summed E-state index contributed by atoms with van der Waals surface area (Å²) in [6, 6.07) is 5.36. The third kappa shape index (κ3) is 3.64. The number of nitrogens with one attached hydrogen (secondary N) is 2. The van der Waals surface area contributed by atoms with Gasteiger partial charge in [0.25, 0.3) is 0 Å². The second-order valence-electron chi connectivity index (χ2n) is 4.96. The minimum atomic E-state index is -4.46. The molecule has 0 spiro atoms. The number of halogens is 3. The SMILES string of the molecule is N#Cc1ccc(NCC2CCCNC2)c(C(F)(F)F)c1. The van der Waals surface area contributed by atoms with Crippen molar-refractivity contribution < 1.29 is 13.2 Å². The van der Waals surface area contributed by atoms with Crippen molar-refractivity contribution >= 4 is 5.69 Å². The van der Waals surface area contributed by atoms with Crippen LogP contribution in [0.25, 0.3) is 0 Å². The largest absolute Gasteiger partial charge is 0.418 e. The highest BCUT2D eigenvalue weighted by Crippen LogP contribution is 2.35. The number of hydrogen-bond acceptors (Lipinski definition) is 3. The molecule has 0 bridgehead atoms. The number of rotatable bonds is 3. The molecule has 108 valence electrons. The molecule has 2 N–H and O–H groups in total. The van der Waals surface area contributed by atoms with Gasteiger partial charge in [0.05, 0.1) is 17.2 Å².